The molecule has 2 aliphatic rings. The van der Waals surface area contributed by atoms with Crippen LogP contribution in [0.1, 0.15) is 30.0 Å². The highest BCUT2D eigenvalue weighted by molar-refractivity contribution is 7.89. The smallest absolute Gasteiger partial charge is 0.249 e. The summed E-state index contributed by atoms with van der Waals surface area (Å²) in [7, 11) is -2.46. The molecule has 9 heteroatoms. The maximum Gasteiger partial charge on any atom is 0.249 e. The van der Waals surface area contributed by atoms with E-state index >= 15 is 0 Å². The van der Waals surface area contributed by atoms with Crippen LogP contribution in [0.5, 0.6) is 0 Å². The van der Waals surface area contributed by atoms with E-state index in [0.717, 1.165) is 41.8 Å². The summed E-state index contributed by atoms with van der Waals surface area (Å²) >= 11 is 0. The fourth-order valence-corrected chi connectivity index (χ4v) is 6.12. The summed E-state index contributed by atoms with van der Waals surface area (Å²) in [6.07, 6.45) is 2.97. The molecule has 1 heterocycles. The Hall–Kier alpha value is -2.36. The average Bonchev–Trinajstić information content (AvgIpc) is 2.78. The van der Waals surface area contributed by atoms with E-state index in [9.17, 15) is 22.0 Å². The van der Waals surface area contributed by atoms with Crippen LogP contribution < -0.4 is 0 Å². The zero-order chi connectivity index (χ0) is 22.9. The molecule has 1 saturated heterocycles. The second-order valence-electron chi connectivity index (χ2n) is 8.34. The molecule has 0 aromatic heterocycles. The Bertz CT molecular complexity index is 1080. The molecule has 0 N–H and O–H groups in total. The average molecular weight is 464 g/mol. The first-order chi connectivity index (χ1) is 15.3. The number of rotatable bonds is 5. The minimum atomic E-state index is -4.28. The Morgan fingerprint density at radius 3 is 2.38 bits per heavy atom. The van der Waals surface area contributed by atoms with Gasteiger partial charge in [-0.15, -0.1) is 0 Å². The van der Waals surface area contributed by atoms with E-state index in [0.29, 0.717) is 13.1 Å². The summed E-state index contributed by atoms with van der Waals surface area (Å²) in [5.41, 5.74) is 2.47. The van der Waals surface area contributed by atoms with Crippen molar-refractivity contribution in [3.63, 3.8) is 0 Å². The van der Waals surface area contributed by atoms with Crippen molar-refractivity contribution in [3.8, 4) is 0 Å². The molecule has 0 radical (unpaired) electrons. The molecule has 2 aromatic carbocycles. The Morgan fingerprint density at radius 2 is 1.69 bits per heavy atom. The third-order valence-corrected chi connectivity index (χ3v) is 8.36. The lowest BCUT2D eigenvalue weighted by molar-refractivity contribution is -0.133. The van der Waals surface area contributed by atoms with Gasteiger partial charge in [0.15, 0.2) is 4.90 Å². The second kappa shape index (κ2) is 9.25. The normalized spacial score (nSPS) is 20.0. The zero-order valence-corrected chi connectivity index (χ0v) is 18.8. The summed E-state index contributed by atoms with van der Waals surface area (Å²) in [4.78, 5) is 15.7. The van der Waals surface area contributed by atoms with Gasteiger partial charge in [0.25, 0.3) is 0 Å². The second-order valence-corrected chi connectivity index (χ2v) is 10.2. The number of benzene rings is 2. The number of hydrogen-bond acceptors (Lipinski definition) is 4. The molecule has 32 heavy (non-hydrogen) atoms. The van der Waals surface area contributed by atoms with E-state index in [1.165, 1.54) is 11.1 Å². The van der Waals surface area contributed by atoms with E-state index in [-0.39, 0.29) is 31.6 Å². The van der Waals surface area contributed by atoms with Crippen LogP contribution in [0.15, 0.2) is 47.4 Å². The lowest BCUT2D eigenvalue weighted by Gasteiger charge is -2.37. The third kappa shape index (κ3) is 4.42. The summed E-state index contributed by atoms with van der Waals surface area (Å²) in [6.45, 7) is 0.947. The van der Waals surface area contributed by atoms with Crippen molar-refractivity contribution in [3.05, 3.63) is 65.2 Å². The maximum absolute atomic E-state index is 14.0. The highest BCUT2D eigenvalue weighted by Crippen LogP contribution is 2.33. The Balaban J connectivity index is 1.38. The molecule has 1 amide bonds. The highest BCUT2D eigenvalue weighted by atomic mass is 32.2. The number of nitrogens with zero attached hydrogens (tertiary/aromatic N) is 3. The lowest BCUT2D eigenvalue weighted by atomic mass is 9.87. The van der Waals surface area contributed by atoms with Gasteiger partial charge in [-0.3, -0.25) is 9.69 Å². The van der Waals surface area contributed by atoms with Crippen molar-refractivity contribution in [2.75, 3.05) is 39.8 Å². The van der Waals surface area contributed by atoms with Crippen LogP contribution >= 0.6 is 0 Å². The highest BCUT2D eigenvalue weighted by Gasteiger charge is 2.34. The molecule has 1 aliphatic heterocycles. The molecule has 0 spiro atoms. The van der Waals surface area contributed by atoms with E-state index < -0.39 is 26.6 Å². The molecule has 4 rings (SSSR count). The topological polar surface area (TPSA) is 60.9 Å². The van der Waals surface area contributed by atoms with Crippen LogP contribution in [-0.2, 0) is 21.2 Å². The van der Waals surface area contributed by atoms with Gasteiger partial charge < -0.3 is 4.90 Å². The number of carbonyl (C=O) groups is 1. The number of hydrogen-bond donors (Lipinski definition) is 0. The van der Waals surface area contributed by atoms with Gasteiger partial charge in [-0.05, 0) is 42.5 Å². The molecular formula is C23H27F2N3O3S. The van der Waals surface area contributed by atoms with Gasteiger partial charge in [-0.1, -0.05) is 30.3 Å². The van der Waals surface area contributed by atoms with E-state index in [2.05, 4.69) is 12.1 Å². The first-order valence-electron chi connectivity index (χ1n) is 10.8. The van der Waals surface area contributed by atoms with Crippen LogP contribution in [0.3, 0.4) is 0 Å². The van der Waals surface area contributed by atoms with Gasteiger partial charge in [0.05, 0.1) is 12.6 Å². The maximum atomic E-state index is 14.0. The van der Waals surface area contributed by atoms with Crippen molar-refractivity contribution >= 4 is 15.9 Å². The molecule has 1 aliphatic carbocycles. The third-order valence-electron chi connectivity index (χ3n) is 6.41. The number of amides is 1. The minimum absolute atomic E-state index is 0.0249. The summed E-state index contributed by atoms with van der Waals surface area (Å²) in [5.74, 6) is -2.22. The number of piperazine rings is 1. The van der Waals surface area contributed by atoms with Crippen molar-refractivity contribution in [1.82, 2.24) is 14.1 Å². The van der Waals surface area contributed by atoms with Crippen molar-refractivity contribution in [1.29, 1.82) is 0 Å². The predicted molar refractivity (Wildman–Crippen MR) is 116 cm³/mol. The van der Waals surface area contributed by atoms with Gasteiger partial charge in [0, 0.05) is 33.2 Å². The standard InChI is InChI=1S/C23H27F2N3O3S/c1-26(21-11-4-7-17-6-2-3-8-18(17)21)22(29)16-27-12-14-28(15-13-27)32(30,31)23-19(24)9-5-10-20(23)25/h2-3,5-6,8-10,21H,4,7,11-16H2,1H3. The monoisotopic (exact) mass is 463 g/mol. The zero-order valence-electron chi connectivity index (χ0n) is 18.0. The lowest BCUT2D eigenvalue weighted by Crippen LogP contribution is -2.51. The van der Waals surface area contributed by atoms with Crippen molar-refractivity contribution in [2.45, 2.75) is 30.2 Å². The predicted octanol–water partition coefficient (Wildman–Crippen LogP) is 2.81. The summed E-state index contributed by atoms with van der Waals surface area (Å²) in [6, 6.07) is 11.2. The fraction of sp³-hybridized carbons (Fsp3) is 0.435. The van der Waals surface area contributed by atoms with Gasteiger partial charge in [-0.25, -0.2) is 17.2 Å². The minimum Gasteiger partial charge on any atom is -0.338 e. The van der Waals surface area contributed by atoms with Gasteiger partial charge in [0.2, 0.25) is 15.9 Å². The molecule has 6 nitrogen and oxygen atoms in total. The summed E-state index contributed by atoms with van der Waals surface area (Å²) < 4.78 is 54.6. The SMILES string of the molecule is CN(C(=O)CN1CCN(S(=O)(=O)c2c(F)cccc2F)CC1)C1CCCc2ccccc21. The Morgan fingerprint density at radius 1 is 1.03 bits per heavy atom. The molecule has 1 unspecified atom stereocenters. The molecule has 0 saturated carbocycles. The quantitative estimate of drug-likeness (QED) is 0.684. The number of fused-ring (bicyclic) bond motifs is 1. The van der Waals surface area contributed by atoms with Gasteiger partial charge in [-0.2, -0.15) is 4.31 Å². The van der Waals surface area contributed by atoms with Gasteiger partial charge >= 0.3 is 0 Å². The Labute approximate surface area is 187 Å². The summed E-state index contributed by atoms with van der Waals surface area (Å²) in [5, 5.41) is 0. The number of halogens is 2. The molecule has 1 atom stereocenters. The van der Waals surface area contributed by atoms with Crippen LogP contribution in [-0.4, -0.2) is 68.2 Å². The largest absolute Gasteiger partial charge is 0.338 e. The molecule has 172 valence electrons. The van der Waals surface area contributed by atoms with Crippen molar-refractivity contribution in [2.24, 2.45) is 0 Å². The fourth-order valence-electron chi connectivity index (χ4n) is 4.59. The molecule has 0 bridgehead atoms. The number of likely N-dealkylation sites (N-methyl/N-ethyl adjacent to an activating group) is 1. The molecule has 1 fully saturated rings. The van der Waals surface area contributed by atoms with E-state index in [1.54, 1.807) is 4.90 Å². The Kier molecular flexibility index (Phi) is 6.60. The van der Waals surface area contributed by atoms with Crippen LogP contribution in [0.2, 0.25) is 0 Å². The first kappa shape index (κ1) is 22.8. The van der Waals surface area contributed by atoms with E-state index in [1.807, 2.05) is 24.1 Å². The van der Waals surface area contributed by atoms with Crippen molar-refractivity contribution < 1.29 is 22.0 Å². The number of sulfonamides is 1. The number of aryl methyl sites for hydroxylation is 1. The van der Waals surface area contributed by atoms with Gasteiger partial charge in [0.1, 0.15) is 11.6 Å². The van der Waals surface area contributed by atoms with E-state index in [4.69, 9.17) is 0 Å². The van der Waals surface area contributed by atoms with Crippen LogP contribution in [0.25, 0.3) is 0 Å². The first-order valence-corrected chi connectivity index (χ1v) is 12.2. The van der Waals surface area contributed by atoms with Crippen LogP contribution in [0.4, 0.5) is 8.78 Å². The molecular weight excluding hydrogens is 436 g/mol. The number of carbonyl (C=O) groups excluding carboxylic acids is 1. The molecule has 2 aromatic rings. The van der Waals surface area contributed by atoms with Crippen LogP contribution in [0, 0.1) is 11.6 Å².